The molecule has 0 spiro atoms. The van der Waals surface area contributed by atoms with Gasteiger partial charge in [-0.2, -0.15) is 13.2 Å². The Morgan fingerprint density at radius 2 is 1.88 bits per heavy atom. The molecule has 1 nitrogen and oxygen atoms in total. The zero-order valence-corrected chi connectivity index (χ0v) is 9.64. The van der Waals surface area contributed by atoms with Crippen LogP contribution in [-0.4, -0.2) is 6.61 Å². The lowest BCUT2D eigenvalue weighted by molar-refractivity contribution is -0.140. The van der Waals surface area contributed by atoms with Crippen LogP contribution in [0.1, 0.15) is 25.8 Å². The molecule has 1 aromatic carbocycles. The average molecular weight is 250 g/mol. The van der Waals surface area contributed by atoms with Crippen molar-refractivity contribution in [3.05, 3.63) is 29.6 Å². The summed E-state index contributed by atoms with van der Waals surface area (Å²) in [5, 5.41) is 0. The van der Waals surface area contributed by atoms with Gasteiger partial charge in [0.15, 0.2) is 11.6 Å². The summed E-state index contributed by atoms with van der Waals surface area (Å²) in [6.45, 7) is 4.10. The molecule has 0 aliphatic carbocycles. The van der Waals surface area contributed by atoms with E-state index in [1.54, 1.807) is 0 Å². The van der Waals surface area contributed by atoms with E-state index in [4.69, 9.17) is 4.74 Å². The Balaban J connectivity index is 2.81. The van der Waals surface area contributed by atoms with Crippen LogP contribution < -0.4 is 4.74 Å². The minimum atomic E-state index is -4.69. The maximum Gasteiger partial charge on any atom is 0.419 e. The molecule has 0 radical (unpaired) electrons. The summed E-state index contributed by atoms with van der Waals surface area (Å²) in [6, 6.07) is 3.03. The normalized spacial score (nSPS) is 11.9. The van der Waals surface area contributed by atoms with E-state index in [1.807, 2.05) is 13.8 Å². The first-order valence-electron chi connectivity index (χ1n) is 5.31. The third-order valence-corrected chi connectivity index (χ3v) is 2.22. The molecule has 0 amide bonds. The molecule has 0 saturated heterocycles. The predicted octanol–water partition coefficient (Wildman–Crippen LogP) is 4.27. The van der Waals surface area contributed by atoms with E-state index in [2.05, 4.69) is 0 Å². The van der Waals surface area contributed by atoms with Crippen molar-refractivity contribution in [2.75, 3.05) is 6.61 Å². The van der Waals surface area contributed by atoms with Crippen LogP contribution in [-0.2, 0) is 6.18 Å². The van der Waals surface area contributed by atoms with Crippen molar-refractivity contribution in [2.24, 2.45) is 5.92 Å². The van der Waals surface area contributed by atoms with Crippen molar-refractivity contribution in [3.8, 4) is 5.75 Å². The molecule has 1 rings (SSSR count). The summed E-state index contributed by atoms with van der Waals surface area (Å²) in [5.74, 6) is -1.34. The zero-order valence-electron chi connectivity index (χ0n) is 9.64. The van der Waals surface area contributed by atoms with E-state index in [-0.39, 0.29) is 12.4 Å². The van der Waals surface area contributed by atoms with Crippen molar-refractivity contribution < 1.29 is 22.3 Å². The van der Waals surface area contributed by atoms with Crippen LogP contribution in [0.15, 0.2) is 18.2 Å². The maximum atomic E-state index is 13.4. The Morgan fingerprint density at radius 3 is 2.41 bits per heavy atom. The van der Waals surface area contributed by atoms with Gasteiger partial charge in [-0.3, -0.25) is 0 Å². The number of halogens is 4. The SMILES string of the molecule is CC(C)CCOc1cccc(C(F)(F)F)c1F. The van der Waals surface area contributed by atoms with Gasteiger partial charge >= 0.3 is 6.18 Å². The summed E-state index contributed by atoms with van der Waals surface area (Å²) >= 11 is 0. The van der Waals surface area contributed by atoms with E-state index in [1.165, 1.54) is 6.07 Å². The quantitative estimate of drug-likeness (QED) is 0.725. The van der Waals surface area contributed by atoms with Crippen molar-refractivity contribution in [1.82, 2.24) is 0 Å². The molecule has 1 aromatic rings. The summed E-state index contributed by atoms with van der Waals surface area (Å²) in [5.41, 5.74) is -1.29. The Bertz CT molecular complexity index is 371. The highest BCUT2D eigenvalue weighted by molar-refractivity contribution is 5.32. The molecule has 0 aromatic heterocycles. The Kier molecular flexibility index (Phi) is 4.37. The lowest BCUT2D eigenvalue weighted by Crippen LogP contribution is -2.10. The number of ether oxygens (including phenoxy) is 1. The summed E-state index contributed by atoms with van der Waals surface area (Å²) < 4.78 is 55.6. The lowest BCUT2D eigenvalue weighted by Gasteiger charge is -2.12. The topological polar surface area (TPSA) is 9.23 Å². The molecule has 17 heavy (non-hydrogen) atoms. The minimum Gasteiger partial charge on any atom is -0.490 e. The number of rotatable bonds is 4. The Morgan fingerprint density at radius 1 is 1.24 bits per heavy atom. The molecular formula is C12H14F4O. The van der Waals surface area contributed by atoms with Crippen LogP contribution in [0.3, 0.4) is 0 Å². The second-order valence-corrected chi connectivity index (χ2v) is 4.15. The van der Waals surface area contributed by atoms with Gasteiger partial charge in [-0.25, -0.2) is 4.39 Å². The third-order valence-electron chi connectivity index (χ3n) is 2.22. The summed E-state index contributed by atoms with van der Waals surface area (Å²) in [7, 11) is 0. The lowest BCUT2D eigenvalue weighted by atomic mass is 10.1. The van der Waals surface area contributed by atoms with Crippen molar-refractivity contribution >= 4 is 0 Å². The fourth-order valence-electron chi connectivity index (χ4n) is 1.25. The number of benzene rings is 1. The first-order valence-corrected chi connectivity index (χ1v) is 5.31. The van der Waals surface area contributed by atoms with Gasteiger partial charge < -0.3 is 4.74 Å². The smallest absolute Gasteiger partial charge is 0.419 e. The molecule has 5 heteroatoms. The van der Waals surface area contributed by atoms with E-state index >= 15 is 0 Å². The van der Waals surface area contributed by atoms with Crippen molar-refractivity contribution in [1.29, 1.82) is 0 Å². The molecule has 0 fully saturated rings. The fraction of sp³-hybridized carbons (Fsp3) is 0.500. The van der Waals surface area contributed by atoms with Gasteiger partial charge in [0, 0.05) is 0 Å². The standard InChI is InChI=1S/C12H14F4O/c1-8(2)6-7-17-10-5-3-4-9(11(10)13)12(14,15)16/h3-5,8H,6-7H2,1-2H3. The van der Waals surface area contributed by atoms with Gasteiger partial charge in [0.2, 0.25) is 0 Å². The van der Waals surface area contributed by atoms with Crippen LogP contribution in [0.5, 0.6) is 5.75 Å². The number of alkyl halides is 3. The highest BCUT2D eigenvalue weighted by Crippen LogP contribution is 2.34. The van der Waals surface area contributed by atoms with Gasteiger partial charge in [-0.15, -0.1) is 0 Å². The van der Waals surface area contributed by atoms with Gasteiger partial charge in [0.05, 0.1) is 12.2 Å². The zero-order chi connectivity index (χ0) is 13.1. The molecule has 0 unspecified atom stereocenters. The number of hydrogen-bond acceptors (Lipinski definition) is 1. The van der Waals surface area contributed by atoms with Crippen LogP contribution in [0.2, 0.25) is 0 Å². The first kappa shape index (κ1) is 13.8. The van der Waals surface area contributed by atoms with Gasteiger partial charge in [0.1, 0.15) is 0 Å². The van der Waals surface area contributed by atoms with Crippen LogP contribution >= 0.6 is 0 Å². The molecule has 0 aliphatic rings. The molecule has 0 saturated carbocycles. The second-order valence-electron chi connectivity index (χ2n) is 4.15. The number of hydrogen-bond donors (Lipinski definition) is 0. The van der Waals surface area contributed by atoms with Gasteiger partial charge in [0.25, 0.3) is 0 Å². The highest BCUT2D eigenvalue weighted by atomic mass is 19.4. The predicted molar refractivity (Wildman–Crippen MR) is 56.4 cm³/mol. The summed E-state index contributed by atoms with van der Waals surface area (Å²) in [4.78, 5) is 0. The van der Waals surface area contributed by atoms with Crippen LogP contribution in [0, 0.1) is 11.7 Å². The highest BCUT2D eigenvalue weighted by Gasteiger charge is 2.35. The monoisotopic (exact) mass is 250 g/mol. The molecule has 96 valence electrons. The van der Waals surface area contributed by atoms with Crippen LogP contribution in [0.25, 0.3) is 0 Å². The van der Waals surface area contributed by atoms with Crippen molar-refractivity contribution in [2.45, 2.75) is 26.4 Å². The van der Waals surface area contributed by atoms with Gasteiger partial charge in [-0.05, 0) is 24.5 Å². The third kappa shape index (κ3) is 3.91. The fourth-order valence-corrected chi connectivity index (χ4v) is 1.25. The minimum absolute atomic E-state index is 0.204. The first-order chi connectivity index (χ1) is 7.82. The van der Waals surface area contributed by atoms with E-state index in [9.17, 15) is 17.6 Å². The Hall–Kier alpha value is -1.26. The van der Waals surface area contributed by atoms with Crippen molar-refractivity contribution in [3.63, 3.8) is 0 Å². The van der Waals surface area contributed by atoms with E-state index in [0.29, 0.717) is 18.4 Å². The largest absolute Gasteiger partial charge is 0.490 e. The van der Waals surface area contributed by atoms with Crippen LogP contribution in [0.4, 0.5) is 17.6 Å². The molecule has 0 N–H and O–H groups in total. The van der Waals surface area contributed by atoms with E-state index < -0.39 is 17.6 Å². The van der Waals surface area contributed by atoms with Gasteiger partial charge in [-0.1, -0.05) is 19.9 Å². The molecular weight excluding hydrogens is 236 g/mol. The molecule has 0 heterocycles. The Labute approximate surface area is 97.4 Å². The average Bonchev–Trinajstić information content (AvgIpc) is 2.18. The molecule has 0 atom stereocenters. The molecule has 0 aliphatic heterocycles. The maximum absolute atomic E-state index is 13.4. The summed E-state index contributed by atoms with van der Waals surface area (Å²) in [6.07, 6.45) is -4.03. The van der Waals surface area contributed by atoms with E-state index in [0.717, 1.165) is 6.07 Å². The molecule has 0 bridgehead atoms. The second kappa shape index (κ2) is 5.38.